The molecule has 17 heavy (non-hydrogen) atoms. The van der Waals surface area contributed by atoms with Crippen molar-refractivity contribution in [3.05, 3.63) is 27.9 Å². The van der Waals surface area contributed by atoms with E-state index in [4.69, 9.17) is 0 Å². The van der Waals surface area contributed by atoms with Gasteiger partial charge in [-0.1, -0.05) is 6.92 Å². The molecule has 1 N–H and O–H groups in total. The van der Waals surface area contributed by atoms with Crippen LogP contribution in [0, 0.1) is 13.8 Å². The summed E-state index contributed by atoms with van der Waals surface area (Å²) in [5, 5.41) is 3.37. The molecular formula is C13H23N3O. The SMILES string of the molecule is CCNC(C)CCCn1c(C)nc(C)cc1=O. The van der Waals surface area contributed by atoms with E-state index < -0.39 is 0 Å². The second kappa shape index (κ2) is 6.55. The minimum atomic E-state index is 0.0612. The lowest BCUT2D eigenvalue weighted by atomic mass is 10.2. The van der Waals surface area contributed by atoms with Crippen molar-refractivity contribution in [1.29, 1.82) is 0 Å². The average molecular weight is 237 g/mol. The number of hydrogen-bond acceptors (Lipinski definition) is 3. The predicted molar refractivity (Wildman–Crippen MR) is 70.3 cm³/mol. The Labute approximate surface area is 103 Å². The van der Waals surface area contributed by atoms with Crippen LogP contribution in [0.2, 0.25) is 0 Å². The first-order valence-corrected chi connectivity index (χ1v) is 6.33. The summed E-state index contributed by atoms with van der Waals surface area (Å²) in [6.45, 7) is 9.77. The van der Waals surface area contributed by atoms with Gasteiger partial charge in [0.25, 0.3) is 5.56 Å². The van der Waals surface area contributed by atoms with Gasteiger partial charge in [-0.2, -0.15) is 0 Å². The molecule has 96 valence electrons. The lowest BCUT2D eigenvalue weighted by molar-refractivity contribution is 0.476. The standard InChI is InChI=1S/C13H23N3O/c1-5-14-10(2)7-6-8-16-12(4)15-11(3)9-13(16)17/h9-10,14H,5-8H2,1-4H3. The topological polar surface area (TPSA) is 46.9 Å². The van der Waals surface area contributed by atoms with Gasteiger partial charge in [-0.15, -0.1) is 0 Å². The van der Waals surface area contributed by atoms with Crippen molar-refractivity contribution in [3.8, 4) is 0 Å². The second-order valence-electron chi connectivity index (χ2n) is 4.54. The highest BCUT2D eigenvalue weighted by molar-refractivity contribution is 5.01. The van der Waals surface area contributed by atoms with E-state index >= 15 is 0 Å². The summed E-state index contributed by atoms with van der Waals surface area (Å²) >= 11 is 0. The molecule has 1 unspecified atom stereocenters. The fourth-order valence-electron chi connectivity index (χ4n) is 2.04. The molecule has 0 aliphatic carbocycles. The van der Waals surface area contributed by atoms with Gasteiger partial charge in [0.15, 0.2) is 0 Å². The highest BCUT2D eigenvalue weighted by Crippen LogP contribution is 2.01. The molecule has 4 heteroatoms. The van der Waals surface area contributed by atoms with Crippen molar-refractivity contribution in [3.63, 3.8) is 0 Å². The van der Waals surface area contributed by atoms with Crippen LogP contribution in [-0.4, -0.2) is 22.1 Å². The van der Waals surface area contributed by atoms with Gasteiger partial charge in [0.2, 0.25) is 0 Å². The molecule has 0 spiro atoms. The van der Waals surface area contributed by atoms with E-state index in [0.29, 0.717) is 6.04 Å². The molecule has 0 amide bonds. The Balaban J connectivity index is 2.55. The van der Waals surface area contributed by atoms with Gasteiger partial charge in [0.1, 0.15) is 5.82 Å². The third-order valence-electron chi connectivity index (χ3n) is 2.90. The van der Waals surface area contributed by atoms with E-state index in [-0.39, 0.29) is 5.56 Å². The summed E-state index contributed by atoms with van der Waals surface area (Å²) in [5.74, 6) is 0.811. The first-order valence-electron chi connectivity index (χ1n) is 6.33. The zero-order valence-electron chi connectivity index (χ0n) is 11.3. The summed E-state index contributed by atoms with van der Waals surface area (Å²) in [6, 6.07) is 2.11. The van der Waals surface area contributed by atoms with E-state index in [1.165, 1.54) is 0 Å². The minimum absolute atomic E-state index is 0.0612. The molecular weight excluding hydrogens is 214 g/mol. The van der Waals surface area contributed by atoms with Crippen LogP contribution in [0.4, 0.5) is 0 Å². The number of hydrogen-bond donors (Lipinski definition) is 1. The Bertz CT molecular complexity index is 412. The van der Waals surface area contributed by atoms with Crippen LogP contribution < -0.4 is 10.9 Å². The molecule has 0 fully saturated rings. The van der Waals surface area contributed by atoms with Crippen molar-refractivity contribution in [2.75, 3.05) is 6.54 Å². The lowest BCUT2D eigenvalue weighted by Crippen LogP contribution is -2.27. The molecule has 0 aliphatic rings. The van der Waals surface area contributed by atoms with Gasteiger partial charge in [-0.25, -0.2) is 4.98 Å². The number of rotatable bonds is 6. The Kier molecular flexibility index (Phi) is 5.35. The van der Waals surface area contributed by atoms with Crippen molar-refractivity contribution >= 4 is 0 Å². The summed E-state index contributed by atoms with van der Waals surface area (Å²) < 4.78 is 1.76. The van der Waals surface area contributed by atoms with Crippen LogP contribution >= 0.6 is 0 Å². The molecule has 0 bridgehead atoms. The van der Waals surface area contributed by atoms with Crippen molar-refractivity contribution < 1.29 is 0 Å². The largest absolute Gasteiger partial charge is 0.315 e. The fourth-order valence-corrected chi connectivity index (χ4v) is 2.04. The third kappa shape index (κ3) is 4.30. The van der Waals surface area contributed by atoms with Crippen LogP contribution in [0.15, 0.2) is 10.9 Å². The summed E-state index contributed by atoms with van der Waals surface area (Å²) in [4.78, 5) is 16.1. The van der Waals surface area contributed by atoms with Crippen LogP contribution in [0.3, 0.4) is 0 Å². The number of aryl methyl sites for hydroxylation is 2. The molecule has 1 aromatic rings. The molecule has 0 saturated carbocycles. The van der Waals surface area contributed by atoms with Crippen molar-refractivity contribution in [1.82, 2.24) is 14.9 Å². The van der Waals surface area contributed by atoms with Crippen LogP contribution in [0.5, 0.6) is 0 Å². The molecule has 0 saturated heterocycles. The van der Waals surface area contributed by atoms with Crippen molar-refractivity contribution in [2.24, 2.45) is 0 Å². The van der Waals surface area contributed by atoms with Gasteiger partial charge in [0.05, 0.1) is 0 Å². The van der Waals surface area contributed by atoms with Crippen LogP contribution in [0.1, 0.15) is 38.2 Å². The quantitative estimate of drug-likeness (QED) is 0.818. The molecule has 1 rings (SSSR count). The molecule has 0 radical (unpaired) electrons. The summed E-state index contributed by atoms with van der Waals surface area (Å²) in [6.07, 6.45) is 2.08. The predicted octanol–water partition coefficient (Wildman–Crippen LogP) is 1.64. The normalized spacial score (nSPS) is 12.7. The van der Waals surface area contributed by atoms with E-state index in [0.717, 1.165) is 37.4 Å². The molecule has 4 nitrogen and oxygen atoms in total. The Morgan fingerprint density at radius 2 is 2.18 bits per heavy atom. The van der Waals surface area contributed by atoms with Crippen molar-refractivity contribution in [2.45, 2.75) is 53.1 Å². The van der Waals surface area contributed by atoms with Gasteiger partial charge >= 0.3 is 0 Å². The van der Waals surface area contributed by atoms with E-state index in [2.05, 4.69) is 24.1 Å². The first kappa shape index (κ1) is 13.9. The average Bonchev–Trinajstić information content (AvgIpc) is 2.22. The van der Waals surface area contributed by atoms with E-state index in [1.54, 1.807) is 10.6 Å². The van der Waals surface area contributed by atoms with Gasteiger partial charge in [-0.3, -0.25) is 9.36 Å². The lowest BCUT2D eigenvalue weighted by Gasteiger charge is -2.13. The fraction of sp³-hybridized carbons (Fsp3) is 0.692. The zero-order chi connectivity index (χ0) is 12.8. The van der Waals surface area contributed by atoms with Crippen LogP contribution in [0.25, 0.3) is 0 Å². The summed E-state index contributed by atoms with van der Waals surface area (Å²) in [5.41, 5.74) is 0.857. The monoisotopic (exact) mass is 237 g/mol. The maximum absolute atomic E-state index is 11.8. The van der Waals surface area contributed by atoms with Crippen LogP contribution in [-0.2, 0) is 6.54 Å². The van der Waals surface area contributed by atoms with E-state index in [1.807, 2.05) is 13.8 Å². The maximum atomic E-state index is 11.8. The second-order valence-corrected chi connectivity index (χ2v) is 4.54. The smallest absolute Gasteiger partial charge is 0.253 e. The molecule has 1 heterocycles. The first-order chi connectivity index (χ1) is 8.04. The Hall–Kier alpha value is -1.16. The number of nitrogens with zero attached hydrogens (tertiary/aromatic N) is 2. The molecule has 0 aliphatic heterocycles. The van der Waals surface area contributed by atoms with Gasteiger partial charge < -0.3 is 5.32 Å². The van der Waals surface area contributed by atoms with Gasteiger partial charge in [0, 0.05) is 24.3 Å². The molecule has 0 aromatic carbocycles. The molecule has 1 aromatic heterocycles. The third-order valence-corrected chi connectivity index (χ3v) is 2.90. The highest BCUT2D eigenvalue weighted by Gasteiger charge is 2.04. The van der Waals surface area contributed by atoms with E-state index in [9.17, 15) is 4.79 Å². The zero-order valence-corrected chi connectivity index (χ0v) is 11.3. The maximum Gasteiger partial charge on any atom is 0.253 e. The number of nitrogens with one attached hydrogen (secondary N) is 1. The number of aromatic nitrogens is 2. The Morgan fingerprint density at radius 3 is 2.76 bits per heavy atom. The minimum Gasteiger partial charge on any atom is -0.315 e. The molecule has 1 atom stereocenters. The van der Waals surface area contributed by atoms with Gasteiger partial charge in [-0.05, 0) is 40.2 Å². The summed E-state index contributed by atoms with van der Waals surface area (Å²) in [7, 11) is 0. The highest BCUT2D eigenvalue weighted by atomic mass is 16.1. The Morgan fingerprint density at radius 1 is 1.47 bits per heavy atom.